The number of carbonyl (C=O) groups is 1. The van der Waals surface area contributed by atoms with E-state index in [-0.39, 0.29) is 23.5 Å². The number of amides is 1. The van der Waals surface area contributed by atoms with Crippen LogP contribution in [0.5, 0.6) is 0 Å². The summed E-state index contributed by atoms with van der Waals surface area (Å²) in [5, 5.41) is 2.38. The van der Waals surface area contributed by atoms with E-state index in [1.165, 1.54) is 22.3 Å². The minimum absolute atomic E-state index is 0.0173. The minimum Gasteiger partial charge on any atom is -0.315 e. The molecule has 0 saturated carbocycles. The summed E-state index contributed by atoms with van der Waals surface area (Å²) in [7, 11) is 0. The van der Waals surface area contributed by atoms with Crippen LogP contribution in [0.4, 0.5) is 0 Å². The highest BCUT2D eigenvalue weighted by atomic mass is 16.2. The summed E-state index contributed by atoms with van der Waals surface area (Å²) in [5.74, 6) is -0.0173. The number of hydrogen-bond donors (Lipinski definition) is 0. The number of aryl methyl sites for hydroxylation is 2. The van der Waals surface area contributed by atoms with Crippen molar-refractivity contribution in [3.05, 3.63) is 105 Å². The summed E-state index contributed by atoms with van der Waals surface area (Å²) in [6.45, 7) is 2.52. The fourth-order valence-corrected chi connectivity index (χ4v) is 5.86. The second-order valence-corrected chi connectivity index (χ2v) is 9.15. The van der Waals surface area contributed by atoms with Gasteiger partial charge in [-0.15, -0.1) is 0 Å². The van der Waals surface area contributed by atoms with Gasteiger partial charge in [0.25, 0.3) is 5.91 Å². The normalized spacial score (nSPS) is 20.2. The molecule has 0 N–H and O–H groups in total. The molecular formula is C27H27N3O2. The fourth-order valence-electron chi connectivity index (χ4n) is 5.86. The van der Waals surface area contributed by atoms with Crippen LogP contribution in [-0.4, -0.2) is 28.2 Å². The molecule has 1 saturated heterocycles. The zero-order valence-corrected chi connectivity index (χ0v) is 18.3. The molecule has 3 aliphatic rings. The SMILES string of the molecule is Cc1c2n(ccc1=O)N(C1c3ccccc3CCc3ccccc31)[C@@H]1CCCCN1C2=O. The quantitative estimate of drug-likeness (QED) is 0.593. The van der Waals surface area contributed by atoms with E-state index in [4.69, 9.17) is 0 Å². The fraction of sp³-hybridized carbons (Fsp3) is 0.333. The highest BCUT2D eigenvalue weighted by molar-refractivity contribution is 5.95. The Balaban J connectivity index is 1.66. The highest BCUT2D eigenvalue weighted by Crippen LogP contribution is 2.40. The number of hydrogen-bond acceptors (Lipinski definition) is 3. The van der Waals surface area contributed by atoms with E-state index in [9.17, 15) is 9.59 Å². The standard InChI is InChI=1S/C27H27N3O2/c1-18-23(31)15-17-29-25(18)27(32)28-16-7-6-12-24(28)30(29)26-21-10-4-2-8-19(21)13-14-20-9-3-5-11-22(20)26/h2-5,8-11,15,17,24,26H,6-7,12-14,16H2,1H3/t24-/m1/s1. The Morgan fingerprint density at radius 1 is 0.844 bits per heavy atom. The minimum atomic E-state index is -0.0818. The van der Waals surface area contributed by atoms with Crippen LogP contribution < -0.4 is 10.4 Å². The van der Waals surface area contributed by atoms with Crippen LogP contribution in [0.1, 0.15) is 63.6 Å². The molecule has 1 aliphatic carbocycles. The van der Waals surface area contributed by atoms with E-state index in [1.54, 1.807) is 13.0 Å². The summed E-state index contributed by atoms with van der Waals surface area (Å²) in [6.07, 6.45) is 6.80. The van der Waals surface area contributed by atoms with Crippen molar-refractivity contribution in [2.24, 2.45) is 0 Å². The maximum absolute atomic E-state index is 13.6. The molecule has 3 heterocycles. The first kappa shape index (κ1) is 19.4. The number of benzene rings is 2. The topological polar surface area (TPSA) is 45.6 Å². The third-order valence-electron chi connectivity index (χ3n) is 7.44. The Morgan fingerprint density at radius 2 is 1.50 bits per heavy atom. The molecule has 1 amide bonds. The molecular weight excluding hydrogens is 398 g/mol. The van der Waals surface area contributed by atoms with Crippen molar-refractivity contribution in [2.75, 3.05) is 11.6 Å². The molecule has 0 spiro atoms. The summed E-state index contributed by atoms with van der Waals surface area (Å²) in [6, 6.07) is 19.0. The summed E-state index contributed by atoms with van der Waals surface area (Å²) < 4.78 is 2.00. The number of rotatable bonds is 1. The lowest BCUT2D eigenvalue weighted by atomic mass is 9.92. The first-order valence-electron chi connectivity index (χ1n) is 11.6. The maximum Gasteiger partial charge on any atom is 0.274 e. The Morgan fingerprint density at radius 3 is 2.19 bits per heavy atom. The highest BCUT2D eigenvalue weighted by Gasteiger charge is 2.44. The lowest BCUT2D eigenvalue weighted by Crippen LogP contribution is -2.64. The largest absolute Gasteiger partial charge is 0.315 e. The zero-order chi connectivity index (χ0) is 21.8. The van der Waals surface area contributed by atoms with Crippen LogP contribution in [0.3, 0.4) is 0 Å². The molecule has 0 bridgehead atoms. The number of carbonyl (C=O) groups excluding carboxylic acids is 1. The maximum atomic E-state index is 13.6. The zero-order valence-electron chi connectivity index (χ0n) is 18.3. The van der Waals surface area contributed by atoms with Gasteiger partial charge < -0.3 is 4.90 Å². The Hall–Kier alpha value is -3.34. The molecule has 32 heavy (non-hydrogen) atoms. The van der Waals surface area contributed by atoms with Gasteiger partial charge in [-0.3, -0.25) is 19.3 Å². The van der Waals surface area contributed by atoms with Crippen LogP contribution in [-0.2, 0) is 12.8 Å². The van der Waals surface area contributed by atoms with Gasteiger partial charge in [0.15, 0.2) is 5.43 Å². The number of pyridine rings is 1. The number of aromatic nitrogens is 1. The van der Waals surface area contributed by atoms with Crippen molar-refractivity contribution in [2.45, 2.75) is 51.2 Å². The van der Waals surface area contributed by atoms with E-state index >= 15 is 0 Å². The predicted molar refractivity (Wildman–Crippen MR) is 124 cm³/mol. The lowest BCUT2D eigenvalue weighted by Gasteiger charge is -2.52. The number of fused-ring (bicyclic) bond motifs is 4. The molecule has 2 aromatic carbocycles. The monoisotopic (exact) mass is 425 g/mol. The van der Waals surface area contributed by atoms with Crippen molar-refractivity contribution in [1.29, 1.82) is 0 Å². The number of nitrogens with zero attached hydrogens (tertiary/aromatic N) is 3. The Bertz CT molecular complexity index is 1230. The van der Waals surface area contributed by atoms with E-state index < -0.39 is 0 Å². The van der Waals surface area contributed by atoms with Crippen LogP contribution in [0.2, 0.25) is 0 Å². The van der Waals surface area contributed by atoms with Crippen LogP contribution in [0.15, 0.2) is 65.6 Å². The van der Waals surface area contributed by atoms with Gasteiger partial charge in [0.1, 0.15) is 11.9 Å². The third-order valence-corrected chi connectivity index (χ3v) is 7.44. The molecule has 2 aliphatic heterocycles. The average Bonchev–Trinajstić information content (AvgIpc) is 2.99. The molecule has 5 nitrogen and oxygen atoms in total. The van der Waals surface area contributed by atoms with Gasteiger partial charge in [-0.25, -0.2) is 0 Å². The molecule has 3 aromatic rings. The van der Waals surface area contributed by atoms with Crippen molar-refractivity contribution in [3.8, 4) is 0 Å². The summed E-state index contributed by atoms with van der Waals surface area (Å²) in [5.41, 5.74) is 6.25. The van der Waals surface area contributed by atoms with Crippen molar-refractivity contribution in [1.82, 2.24) is 9.58 Å². The van der Waals surface area contributed by atoms with Gasteiger partial charge >= 0.3 is 0 Å². The predicted octanol–water partition coefficient (Wildman–Crippen LogP) is 3.95. The Labute approximate surface area is 187 Å². The molecule has 1 fully saturated rings. The summed E-state index contributed by atoms with van der Waals surface area (Å²) >= 11 is 0. The van der Waals surface area contributed by atoms with Gasteiger partial charge in [0, 0.05) is 24.4 Å². The average molecular weight is 426 g/mol. The van der Waals surface area contributed by atoms with Crippen LogP contribution in [0, 0.1) is 6.92 Å². The van der Waals surface area contributed by atoms with Crippen LogP contribution in [0.25, 0.3) is 0 Å². The van der Waals surface area contributed by atoms with Crippen molar-refractivity contribution < 1.29 is 4.79 Å². The first-order chi connectivity index (χ1) is 15.6. The smallest absolute Gasteiger partial charge is 0.274 e. The van der Waals surface area contributed by atoms with Gasteiger partial charge in [-0.2, -0.15) is 0 Å². The van der Waals surface area contributed by atoms with Crippen molar-refractivity contribution >= 4 is 5.91 Å². The molecule has 162 valence electrons. The molecule has 6 rings (SSSR count). The van der Waals surface area contributed by atoms with Gasteiger partial charge in [0.2, 0.25) is 0 Å². The molecule has 0 unspecified atom stereocenters. The third kappa shape index (κ3) is 2.77. The van der Waals surface area contributed by atoms with Gasteiger partial charge in [-0.1, -0.05) is 48.5 Å². The summed E-state index contributed by atoms with van der Waals surface area (Å²) in [4.78, 5) is 28.1. The van der Waals surface area contributed by atoms with E-state index in [2.05, 4.69) is 53.5 Å². The molecule has 5 heteroatoms. The van der Waals surface area contributed by atoms with Gasteiger partial charge in [0.05, 0.1) is 6.04 Å². The second kappa shape index (κ2) is 7.37. The van der Waals surface area contributed by atoms with E-state index in [0.717, 1.165) is 38.6 Å². The molecule has 0 radical (unpaired) electrons. The van der Waals surface area contributed by atoms with Gasteiger partial charge in [-0.05, 0) is 61.3 Å². The van der Waals surface area contributed by atoms with Crippen LogP contribution >= 0.6 is 0 Å². The van der Waals surface area contributed by atoms with E-state index in [1.807, 2.05) is 15.8 Å². The molecule has 1 atom stereocenters. The lowest BCUT2D eigenvalue weighted by molar-refractivity contribution is 0.0467. The van der Waals surface area contributed by atoms with Crippen molar-refractivity contribution in [3.63, 3.8) is 0 Å². The number of piperidine rings is 1. The van der Waals surface area contributed by atoms with E-state index in [0.29, 0.717) is 11.3 Å². The molecule has 1 aromatic heterocycles. The second-order valence-electron chi connectivity index (χ2n) is 9.15. The Kier molecular flexibility index (Phi) is 4.46. The first-order valence-corrected chi connectivity index (χ1v) is 11.6.